The first-order valence-electron chi connectivity index (χ1n) is 8.59. The first-order valence-corrected chi connectivity index (χ1v) is 8.97. The van der Waals surface area contributed by atoms with Crippen LogP contribution in [-0.2, 0) is 14.3 Å². The Balaban J connectivity index is 1.86. The van der Waals surface area contributed by atoms with Crippen LogP contribution >= 0.6 is 11.6 Å². The average Bonchev–Trinajstić information content (AvgIpc) is 2.68. The van der Waals surface area contributed by atoms with Crippen LogP contribution in [0, 0.1) is 0 Å². The van der Waals surface area contributed by atoms with Gasteiger partial charge in [-0.2, -0.15) is 0 Å². The van der Waals surface area contributed by atoms with Crippen LogP contribution in [-0.4, -0.2) is 49.5 Å². The Morgan fingerprint density at radius 3 is 2.46 bits per heavy atom. The van der Waals surface area contributed by atoms with Crippen LogP contribution in [0.5, 0.6) is 5.75 Å². The second kappa shape index (κ2) is 10.3. The van der Waals surface area contributed by atoms with Crippen LogP contribution in [0.2, 0.25) is 5.02 Å². The van der Waals surface area contributed by atoms with E-state index in [1.165, 1.54) is 7.05 Å². The zero-order valence-electron chi connectivity index (χ0n) is 15.6. The van der Waals surface area contributed by atoms with Crippen molar-refractivity contribution in [3.05, 3.63) is 59.1 Å². The summed E-state index contributed by atoms with van der Waals surface area (Å²) in [5.41, 5.74) is 0.685. The van der Waals surface area contributed by atoms with Crippen LogP contribution in [0.4, 0.5) is 5.69 Å². The molecule has 0 heterocycles. The predicted octanol–water partition coefficient (Wildman–Crippen LogP) is 2.99. The van der Waals surface area contributed by atoms with Crippen molar-refractivity contribution in [1.82, 2.24) is 4.90 Å². The fraction of sp³-hybridized carbons (Fsp3) is 0.250. The average molecular weight is 405 g/mol. The van der Waals surface area contributed by atoms with Crippen LogP contribution < -0.4 is 10.1 Å². The van der Waals surface area contributed by atoms with E-state index in [0.717, 1.165) is 4.90 Å². The van der Waals surface area contributed by atoms with Gasteiger partial charge in [0.2, 0.25) is 5.91 Å². The molecular formula is C20H21ClN2O5. The predicted molar refractivity (Wildman–Crippen MR) is 106 cm³/mol. The van der Waals surface area contributed by atoms with Crippen molar-refractivity contribution in [1.29, 1.82) is 0 Å². The van der Waals surface area contributed by atoms with E-state index < -0.39 is 24.4 Å². The fourth-order valence-corrected chi connectivity index (χ4v) is 2.47. The summed E-state index contributed by atoms with van der Waals surface area (Å²) in [7, 11) is 1.44. The van der Waals surface area contributed by atoms with Crippen molar-refractivity contribution >= 4 is 35.1 Å². The second-order valence-corrected chi connectivity index (χ2v) is 6.19. The van der Waals surface area contributed by atoms with E-state index in [1.807, 2.05) is 0 Å². The summed E-state index contributed by atoms with van der Waals surface area (Å²) in [6.45, 7) is 1.49. The molecule has 2 aromatic rings. The molecule has 0 radical (unpaired) electrons. The molecule has 0 unspecified atom stereocenters. The van der Waals surface area contributed by atoms with Gasteiger partial charge in [-0.3, -0.25) is 9.59 Å². The minimum absolute atomic E-state index is 0.211. The molecule has 28 heavy (non-hydrogen) atoms. The first-order chi connectivity index (χ1) is 13.4. The number of esters is 1. The zero-order chi connectivity index (χ0) is 20.5. The third kappa shape index (κ3) is 5.99. The molecule has 2 amide bonds. The molecule has 148 valence electrons. The number of para-hydroxylation sites is 2. The summed E-state index contributed by atoms with van der Waals surface area (Å²) in [5.74, 6) is -1.23. The molecule has 0 aliphatic rings. The van der Waals surface area contributed by atoms with E-state index in [-0.39, 0.29) is 12.1 Å². The monoisotopic (exact) mass is 404 g/mol. The maximum Gasteiger partial charge on any atom is 0.342 e. The minimum Gasteiger partial charge on any atom is -0.493 e. The Kier molecular flexibility index (Phi) is 7.83. The number of likely N-dealkylation sites (N-methyl/N-ethyl adjacent to an activating group) is 1. The molecule has 2 rings (SSSR count). The van der Waals surface area contributed by atoms with Gasteiger partial charge in [0, 0.05) is 7.05 Å². The van der Waals surface area contributed by atoms with Gasteiger partial charge in [0.15, 0.2) is 6.61 Å². The molecule has 2 aromatic carbocycles. The highest BCUT2D eigenvalue weighted by Gasteiger charge is 2.18. The number of ether oxygens (including phenoxy) is 2. The number of halogens is 1. The van der Waals surface area contributed by atoms with Crippen LogP contribution in [0.25, 0.3) is 0 Å². The molecule has 0 saturated carbocycles. The topological polar surface area (TPSA) is 84.9 Å². The fourth-order valence-electron chi connectivity index (χ4n) is 2.29. The van der Waals surface area contributed by atoms with Gasteiger partial charge in [-0.15, -0.1) is 0 Å². The number of hydrogen-bond acceptors (Lipinski definition) is 5. The molecule has 0 aliphatic heterocycles. The summed E-state index contributed by atoms with van der Waals surface area (Å²) in [5, 5.41) is 3.01. The maximum absolute atomic E-state index is 12.2. The summed E-state index contributed by atoms with van der Waals surface area (Å²) in [4.78, 5) is 37.6. The highest BCUT2D eigenvalue weighted by atomic mass is 35.5. The largest absolute Gasteiger partial charge is 0.493 e. The number of hydrogen-bond donors (Lipinski definition) is 1. The van der Waals surface area contributed by atoms with Gasteiger partial charge in [0.05, 0.1) is 23.9 Å². The normalized spacial score (nSPS) is 10.1. The van der Waals surface area contributed by atoms with Crippen LogP contribution in [0.3, 0.4) is 0 Å². The van der Waals surface area contributed by atoms with Gasteiger partial charge in [-0.25, -0.2) is 4.79 Å². The molecule has 0 saturated heterocycles. The van der Waals surface area contributed by atoms with E-state index in [0.29, 0.717) is 23.1 Å². The van der Waals surface area contributed by atoms with E-state index >= 15 is 0 Å². The highest BCUT2D eigenvalue weighted by Crippen LogP contribution is 2.20. The van der Waals surface area contributed by atoms with Crippen molar-refractivity contribution in [3.63, 3.8) is 0 Å². The summed E-state index contributed by atoms with van der Waals surface area (Å²) in [6.07, 6.45) is 0. The number of benzene rings is 2. The molecule has 1 N–H and O–H groups in total. The molecular weight excluding hydrogens is 384 g/mol. The summed E-state index contributed by atoms with van der Waals surface area (Å²) < 4.78 is 10.4. The lowest BCUT2D eigenvalue weighted by Crippen LogP contribution is -2.37. The minimum atomic E-state index is -0.675. The third-order valence-electron chi connectivity index (χ3n) is 3.69. The summed E-state index contributed by atoms with van der Waals surface area (Å²) >= 11 is 5.98. The quantitative estimate of drug-likeness (QED) is 0.683. The number of anilines is 1. The Morgan fingerprint density at radius 2 is 1.75 bits per heavy atom. The Labute approximate surface area is 168 Å². The second-order valence-electron chi connectivity index (χ2n) is 5.78. The third-order valence-corrected chi connectivity index (χ3v) is 4.02. The molecule has 0 aromatic heterocycles. The highest BCUT2D eigenvalue weighted by molar-refractivity contribution is 6.33. The van der Waals surface area contributed by atoms with Crippen molar-refractivity contribution in [2.24, 2.45) is 0 Å². The van der Waals surface area contributed by atoms with E-state index in [1.54, 1.807) is 55.5 Å². The standard InChI is InChI=1S/C20H21ClN2O5/c1-3-27-17-11-7-4-8-14(17)20(26)28-13-19(25)23(2)12-18(24)22-16-10-6-5-9-15(16)21/h4-11H,3,12-13H2,1-2H3,(H,22,24). The van der Waals surface area contributed by atoms with Crippen molar-refractivity contribution in [2.45, 2.75) is 6.92 Å². The Bertz CT molecular complexity index is 856. The van der Waals surface area contributed by atoms with Gasteiger partial charge >= 0.3 is 5.97 Å². The number of nitrogens with zero attached hydrogens (tertiary/aromatic N) is 1. The lowest BCUT2D eigenvalue weighted by Gasteiger charge is -2.17. The Morgan fingerprint density at radius 1 is 1.07 bits per heavy atom. The van der Waals surface area contributed by atoms with Crippen molar-refractivity contribution < 1.29 is 23.9 Å². The molecule has 0 spiro atoms. The van der Waals surface area contributed by atoms with E-state index in [9.17, 15) is 14.4 Å². The van der Waals surface area contributed by atoms with Crippen LogP contribution in [0.1, 0.15) is 17.3 Å². The number of rotatable bonds is 8. The SMILES string of the molecule is CCOc1ccccc1C(=O)OCC(=O)N(C)CC(=O)Nc1ccccc1Cl. The number of amides is 2. The lowest BCUT2D eigenvalue weighted by atomic mass is 10.2. The molecule has 8 heteroatoms. The Hall–Kier alpha value is -3.06. The van der Waals surface area contributed by atoms with Gasteiger partial charge in [-0.1, -0.05) is 35.9 Å². The van der Waals surface area contributed by atoms with E-state index in [2.05, 4.69) is 5.32 Å². The molecule has 0 aliphatic carbocycles. The van der Waals surface area contributed by atoms with Gasteiger partial charge < -0.3 is 19.7 Å². The number of carbonyl (C=O) groups is 3. The zero-order valence-corrected chi connectivity index (χ0v) is 16.4. The number of carbonyl (C=O) groups excluding carboxylic acids is 3. The van der Waals surface area contributed by atoms with E-state index in [4.69, 9.17) is 21.1 Å². The van der Waals surface area contributed by atoms with Gasteiger partial charge in [0.25, 0.3) is 5.91 Å². The van der Waals surface area contributed by atoms with Gasteiger partial charge in [-0.05, 0) is 31.2 Å². The van der Waals surface area contributed by atoms with Crippen LogP contribution in [0.15, 0.2) is 48.5 Å². The molecule has 7 nitrogen and oxygen atoms in total. The lowest BCUT2D eigenvalue weighted by molar-refractivity contribution is -0.136. The van der Waals surface area contributed by atoms with Gasteiger partial charge in [0.1, 0.15) is 11.3 Å². The molecule has 0 fully saturated rings. The van der Waals surface area contributed by atoms with Crippen molar-refractivity contribution in [3.8, 4) is 5.75 Å². The first kappa shape index (κ1) is 21.2. The smallest absolute Gasteiger partial charge is 0.342 e. The van der Waals surface area contributed by atoms with Crippen molar-refractivity contribution in [2.75, 3.05) is 32.1 Å². The molecule has 0 bridgehead atoms. The number of nitrogens with one attached hydrogen (secondary N) is 1. The molecule has 0 atom stereocenters. The summed E-state index contributed by atoms with van der Waals surface area (Å²) in [6, 6.07) is 13.4. The maximum atomic E-state index is 12.2.